The first-order valence-electron chi connectivity index (χ1n) is 8.81. The molecule has 0 aliphatic heterocycles. The summed E-state index contributed by atoms with van der Waals surface area (Å²) in [6.45, 7) is 4.31. The lowest BCUT2D eigenvalue weighted by Crippen LogP contribution is -2.00. The second kappa shape index (κ2) is 8.47. The van der Waals surface area contributed by atoms with Crippen molar-refractivity contribution in [1.29, 1.82) is 0 Å². The Morgan fingerprint density at radius 1 is 0.923 bits per heavy atom. The van der Waals surface area contributed by atoms with Crippen molar-refractivity contribution in [2.24, 2.45) is 0 Å². The lowest BCUT2D eigenvalue weighted by atomic mass is 10.1. The first-order valence-corrected chi connectivity index (χ1v) is 9.94. The molecule has 0 amide bonds. The Balaban J connectivity index is 2.14. The number of aryl methyl sites for hydroxylation is 1. The Bertz CT molecular complexity index is 898. The Labute approximate surface area is 169 Å². The van der Waals surface area contributed by atoms with Gasteiger partial charge in [-0.2, -0.15) is 0 Å². The highest BCUT2D eigenvalue weighted by Crippen LogP contribution is 2.33. The van der Waals surface area contributed by atoms with Crippen LogP contribution in [-0.2, 0) is 6.42 Å². The third kappa shape index (κ3) is 4.09. The zero-order chi connectivity index (χ0) is 18.7. The Morgan fingerprint density at radius 3 is 2.27 bits per heavy atom. The summed E-state index contributed by atoms with van der Waals surface area (Å²) in [6.07, 6.45) is 4.47. The predicted molar refractivity (Wildman–Crippen MR) is 112 cm³/mol. The zero-order valence-electron chi connectivity index (χ0n) is 14.9. The van der Waals surface area contributed by atoms with Crippen molar-refractivity contribution in [2.45, 2.75) is 39.5 Å². The highest BCUT2D eigenvalue weighted by atomic mass is 35.5. The van der Waals surface area contributed by atoms with Crippen molar-refractivity contribution >= 4 is 34.8 Å². The van der Waals surface area contributed by atoms with Gasteiger partial charge in [-0.25, -0.2) is 4.98 Å². The van der Waals surface area contributed by atoms with Gasteiger partial charge in [-0.15, -0.1) is 0 Å². The van der Waals surface area contributed by atoms with E-state index in [4.69, 9.17) is 39.8 Å². The molecule has 0 aliphatic rings. The van der Waals surface area contributed by atoms with Gasteiger partial charge in [0.1, 0.15) is 5.82 Å². The van der Waals surface area contributed by atoms with E-state index >= 15 is 0 Å². The summed E-state index contributed by atoms with van der Waals surface area (Å²) in [5.74, 6) is 0.831. The molecule has 0 radical (unpaired) electrons. The molecule has 2 aromatic carbocycles. The number of rotatable bonds is 6. The molecule has 3 aromatic rings. The van der Waals surface area contributed by atoms with E-state index in [1.807, 2.05) is 36.4 Å². The monoisotopic (exact) mass is 406 g/mol. The van der Waals surface area contributed by atoms with Crippen LogP contribution in [0.4, 0.5) is 0 Å². The number of benzene rings is 2. The standard InChI is InChI=1S/C21H21Cl3N2/c1-3-4-5-6-20-14(2)26(17-10-7-15(22)8-11-17)21(25-20)18-12-9-16(23)13-19(18)24/h7-13H,3-6H2,1-2H3. The lowest BCUT2D eigenvalue weighted by Gasteiger charge is -2.12. The van der Waals surface area contributed by atoms with Crippen LogP contribution in [-0.4, -0.2) is 9.55 Å². The van der Waals surface area contributed by atoms with Crippen molar-refractivity contribution in [1.82, 2.24) is 9.55 Å². The molecule has 0 bridgehead atoms. The predicted octanol–water partition coefficient (Wildman–Crippen LogP) is 7.54. The van der Waals surface area contributed by atoms with Crippen LogP contribution >= 0.6 is 34.8 Å². The number of hydrogen-bond donors (Lipinski definition) is 0. The van der Waals surface area contributed by atoms with E-state index in [0.717, 1.165) is 41.3 Å². The van der Waals surface area contributed by atoms with Gasteiger partial charge in [0.05, 0.1) is 10.7 Å². The molecule has 5 heteroatoms. The number of halogens is 3. The number of imidazole rings is 1. The van der Waals surface area contributed by atoms with E-state index < -0.39 is 0 Å². The first kappa shape index (κ1) is 19.3. The molecule has 0 unspecified atom stereocenters. The topological polar surface area (TPSA) is 17.8 Å². The van der Waals surface area contributed by atoms with E-state index in [2.05, 4.69) is 18.4 Å². The SMILES string of the molecule is CCCCCc1nc(-c2ccc(Cl)cc2Cl)n(-c2ccc(Cl)cc2)c1C. The van der Waals surface area contributed by atoms with E-state index in [0.29, 0.717) is 15.1 Å². The van der Waals surface area contributed by atoms with Crippen molar-refractivity contribution in [3.8, 4) is 17.1 Å². The first-order chi connectivity index (χ1) is 12.5. The minimum Gasteiger partial charge on any atom is -0.297 e. The molecular weight excluding hydrogens is 387 g/mol. The molecule has 2 nitrogen and oxygen atoms in total. The van der Waals surface area contributed by atoms with Gasteiger partial charge >= 0.3 is 0 Å². The average Bonchev–Trinajstić information content (AvgIpc) is 2.92. The van der Waals surface area contributed by atoms with Gasteiger partial charge in [-0.1, -0.05) is 54.6 Å². The molecule has 0 N–H and O–H groups in total. The maximum atomic E-state index is 6.48. The lowest BCUT2D eigenvalue weighted by molar-refractivity contribution is 0.706. The zero-order valence-corrected chi connectivity index (χ0v) is 17.2. The summed E-state index contributed by atoms with van der Waals surface area (Å²) < 4.78 is 2.15. The van der Waals surface area contributed by atoms with E-state index in [1.54, 1.807) is 6.07 Å². The van der Waals surface area contributed by atoms with Crippen molar-refractivity contribution in [2.75, 3.05) is 0 Å². The number of nitrogens with zero attached hydrogens (tertiary/aromatic N) is 2. The maximum Gasteiger partial charge on any atom is 0.146 e. The van der Waals surface area contributed by atoms with Crippen LogP contribution < -0.4 is 0 Å². The summed E-state index contributed by atoms with van der Waals surface area (Å²) in [7, 11) is 0. The molecule has 26 heavy (non-hydrogen) atoms. The third-order valence-corrected chi connectivity index (χ3v) is 5.28. The molecule has 0 aliphatic carbocycles. The van der Waals surface area contributed by atoms with Crippen LogP contribution in [0.3, 0.4) is 0 Å². The fraction of sp³-hybridized carbons (Fsp3) is 0.286. The van der Waals surface area contributed by atoms with Gasteiger partial charge in [0.2, 0.25) is 0 Å². The van der Waals surface area contributed by atoms with E-state index in [-0.39, 0.29) is 0 Å². The van der Waals surface area contributed by atoms with Gasteiger partial charge in [-0.3, -0.25) is 4.57 Å². The Hall–Kier alpha value is -1.48. The number of hydrogen-bond acceptors (Lipinski definition) is 1. The van der Waals surface area contributed by atoms with Crippen molar-refractivity contribution < 1.29 is 0 Å². The molecular formula is C21H21Cl3N2. The highest BCUT2D eigenvalue weighted by Gasteiger charge is 2.18. The normalized spacial score (nSPS) is 11.1. The minimum atomic E-state index is 0.595. The van der Waals surface area contributed by atoms with Crippen LogP contribution in [0.1, 0.15) is 37.6 Å². The molecule has 3 rings (SSSR count). The van der Waals surface area contributed by atoms with E-state index in [9.17, 15) is 0 Å². The Morgan fingerprint density at radius 2 is 1.62 bits per heavy atom. The van der Waals surface area contributed by atoms with Gasteiger partial charge in [0, 0.05) is 27.0 Å². The van der Waals surface area contributed by atoms with Gasteiger partial charge < -0.3 is 0 Å². The smallest absolute Gasteiger partial charge is 0.146 e. The molecule has 1 heterocycles. The van der Waals surface area contributed by atoms with Gasteiger partial charge in [0.15, 0.2) is 0 Å². The number of aromatic nitrogens is 2. The quantitative estimate of drug-likeness (QED) is 0.386. The molecule has 0 atom stereocenters. The minimum absolute atomic E-state index is 0.595. The van der Waals surface area contributed by atoms with E-state index in [1.165, 1.54) is 12.8 Å². The van der Waals surface area contributed by atoms with Crippen LogP contribution in [0.15, 0.2) is 42.5 Å². The van der Waals surface area contributed by atoms with Crippen LogP contribution in [0.2, 0.25) is 15.1 Å². The molecule has 136 valence electrons. The third-order valence-electron chi connectivity index (χ3n) is 4.48. The maximum absolute atomic E-state index is 6.48. The largest absolute Gasteiger partial charge is 0.297 e. The van der Waals surface area contributed by atoms with Gasteiger partial charge in [-0.05, 0) is 62.2 Å². The van der Waals surface area contributed by atoms with Crippen LogP contribution in [0, 0.1) is 6.92 Å². The second-order valence-corrected chi connectivity index (χ2v) is 7.64. The van der Waals surface area contributed by atoms with Crippen LogP contribution in [0.25, 0.3) is 17.1 Å². The van der Waals surface area contributed by atoms with Gasteiger partial charge in [0.25, 0.3) is 0 Å². The summed E-state index contributed by atoms with van der Waals surface area (Å²) in [5.41, 5.74) is 4.12. The van der Waals surface area contributed by atoms with Crippen LogP contribution in [0.5, 0.6) is 0 Å². The van der Waals surface area contributed by atoms with Crippen molar-refractivity contribution in [3.05, 3.63) is 68.9 Å². The summed E-state index contributed by atoms with van der Waals surface area (Å²) in [5, 5.41) is 1.92. The summed E-state index contributed by atoms with van der Waals surface area (Å²) >= 11 is 18.6. The Kier molecular flexibility index (Phi) is 6.29. The number of unbranched alkanes of at least 4 members (excludes halogenated alkanes) is 2. The fourth-order valence-electron chi connectivity index (χ4n) is 3.08. The molecule has 0 fully saturated rings. The fourth-order valence-corrected chi connectivity index (χ4v) is 3.70. The molecule has 0 saturated heterocycles. The summed E-state index contributed by atoms with van der Waals surface area (Å²) in [6, 6.07) is 13.3. The molecule has 1 aromatic heterocycles. The molecule has 0 saturated carbocycles. The molecule has 0 spiro atoms. The van der Waals surface area contributed by atoms with Crippen molar-refractivity contribution in [3.63, 3.8) is 0 Å². The highest BCUT2D eigenvalue weighted by molar-refractivity contribution is 6.36. The average molecular weight is 408 g/mol. The second-order valence-electron chi connectivity index (χ2n) is 6.36. The summed E-state index contributed by atoms with van der Waals surface area (Å²) in [4.78, 5) is 4.94.